The van der Waals surface area contributed by atoms with Gasteiger partial charge < -0.3 is 14.4 Å². The van der Waals surface area contributed by atoms with Crippen molar-refractivity contribution in [3.63, 3.8) is 0 Å². The van der Waals surface area contributed by atoms with Crippen LogP contribution in [0.4, 0.5) is 11.4 Å². The molecule has 0 bridgehead atoms. The number of anilines is 2. The number of hydrogen-bond acceptors (Lipinski definition) is 5. The Morgan fingerprint density at radius 1 is 0.571 bits per heavy atom. The van der Waals surface area contributed by atoms with E-state index in [-0.39, 0.29) is 11.9 Å². The molecule has 5 nitrogen and oxygen atoms in total. The van der Waals surface area contributed by atoms with E-state index in [0.29, 0.717) is 13.2 Å². The molecule has 0 aliphatic rings. The maximum absolute atomic E-state index is 11.2. The molecule has 0 aliphatic heterocycles. The number of carbonyl (C=O) groups excluding carboxylic acids is 2. The molecule has 0 aliphatic carbocycles. The Morgan fingerprint density at radius 3 is 1.40 bits per heavy atom. The summed E-state index contributed by atoms with van der Waals surface area (Å²) in [5, 5.41) is 0. The molecular weight excluding hydrogens is 522 g/mol. The minimum Gasteiger partial charge on any atom is -0.463 e. The van der Waals surface area contributed by atoms with Gasteiger partial charge in [0.25, 0.3) is 0 Å². The van der Waals surface area contributed by atoms with Crippen LogP contribution in [0.25, 0.3) is 6.08 Å². The number of benzene rings is 3. The standard InChI is InChI=1S/C37H43NO4/c1-4-30-15-17-33(18-16-30)29-38(34-23-19-31(20-24-34)13-9-7-11-27-41-36(39)5-2)35-25-21-32(22-26-35)14-10-8-12-28-42-37(40)6-3/h4-6,15-26H,1-3,7-14,27-29H2. The number of nitrogens with zero attached hydrogens (tertiary/aromatic N) is 1. The maximum atomic E-state index is 11.2. The van der Waals surface area contributed by atoms with Crippen LogP contribution in [0.5, 0.6) is 0 Å². The third-order valence-corrected chi connectivity index (χ3v) is 7.09. The molecule has 0 saturated carbocycles. The van der Waals surface area contributed by atoms with E-state index >= 15 is 0 Å². The second-order valence-electron chi connectivity index (χ2n) is 10.2. The van der Waals surface area contributed by atoms with Gasteiger partial charge in [-0.05, 0) is 97.9 Å². The van der Waals surface area contributed by atoms with E-state index in [4.69, 9.17) is 9.47 Å². The molecule has 3 rings (SSSR count). The third kappa shape index (κ3) is 11.2. The number of esters is 2. The van der Waals surface area contributed by atoms with Crippen molar-refractivity contribution < 1.29 is 19.1 Å². The van der Waals surface area contributed by atoms with Crippen LogP contribution in [0.2, 0.25) is 0 Å². The van der Waals surface area contributed by atoms with Gasteiger partial charge in [-0.2, -0.15) is 0 Å². The van der Waals surface area contributed by atoms with Crippen LogP contribution >= 0.6 is 0 Å². The molecule has 0 N–H and O–H groups in total. The first-order valence-corrected chi connectivity index (χ1v) is 14.8. The van der Waals surface area contributed by atoms with Gasteiger partial charge in [0.15, 0.2) is 0 Å². The summed E-state index contributed by atoms with van der Waals surface area (Å²) in [5.41, 5.74) is 7.22. The predicted molar refractivity (Wildman–Crippen MR) is 173 cm³/mol. The van der Waals surface area contributed by atoms with Crippen LogP contribution in [-0.2, 0) is 38.4 Å². The molecule has 0 radical (unpaired) electrons. The second-order valence-corrected chi connectivity index (χ2v) is 10.2. The first-order chi connectivity index (χ1) is 20.5. The molecule has 220 valence electrons. The van der Waals surface area contributed by atoms with E-state index in [0.717, 1.165) is 74.8 Å². The number of hydrogen-bond donors (Lipinski definition) is 0. The molecule has 3 aromatic rings. The van der Waals surface area contributed by atoms with Crippen LogP contribution < -0.4 is 4.90 Å². The highest BCUT2D eigenvalue weighted by Crippen LogP contribution is 2.29. The monoisotopic (exact) mass is 565 g/mol. The minimum absolute atomic E-state index is 0.359. The lowest BCUT2D eigenvalue weighted by Gasteiger charge is -2.26. The van der Waals surface area contributed by atoms with E-state index in [2.05, 4.69) is 97.4 Å². The van der Waals surface area contributed by atoms with Gasteiger partial charge in [0, 0.05) is 30.1 Å². The average Bonchev–Trinajstić information content (AvgIpc) is 3.03. The molecule has 0 spiro atoms. The number of rotatable bonds is 19. The van der Waals surface area contributed by atoms with Gasteiger partial charge in [0.2, 0.25) is 0 Å². The molecule has 42 heavy (non-hydrogen) atoms. The number of unbranched alkanes of at least 4 members (excludes halogenated alkanes) is 4. The molecule has 3 aromatic carbocycles. The first kappa shape index (κ1) is 32.1. The smallest absolute Gasteiger partial charge is 0.330 e. The van der Waals surface area contributed by atoms with E-state index in [9.17, 15) is 9.59 Å². The Labute approximate surface area is 251 Å². The maximum Gasteiger partial charge on any atom is 0.330 e. The van der Waals surface area contributed by atoms with Gasteiger partial charge in [0.1, 0.15) is 0 Å². The highest BCUT2D eigenvalue weighted by Gasteiger charge is 2.11. The van der Waals surface area contributed by atoms with Crippen molar-refractivity contribution in [3.05, 3.63) is 127 Å². The molecule has 5 heteroatoms. The van der Waals surface area contributed by atoms with Crippen molar-refractivity contribution in [1.29, 1.82) is 0 Å². The van der Waals surface area contributed by atoms with Crippen molar-refractivity contribution >= 4 is 29.4 Å². The SMILES string of the molecule is C=CC(=O)OCCCCCc1ccc(N(Cc2ccc(C=C)cc2)c2ccc(CCCCCOC(=O)C=C)cc2)cc1. The van der Waals surface area contributed by atoms with Crippen molar-refractivity contribution in [2.45, 2.75) is 57.9 Å². The van der Waals surface area contributed by atoms with Crippen molar-refractivity contribution in [2.75, 3.05) is 18.1 Å². The summed E-state index contributed by atoms with van der Waals surface area (Å²) in [6, 6.07) is 26.2. The zero-order chi connectivity index (χ0) is 30.0. The van der Waals surface area contributed by atoms with E-state index in [1.165, 1.54) is 28.8 Å². The van der Waals surface area contributed by atoms with Gasteiger partial charge in [-0.1, -0.05) is 74.3 Å². The van der Waals surface area contributed by atoms with Gasteiger partial charge in [-0.25, -0.2) is 9.59 Å². The summed E-state index contributed by atoms with van der Waals surface area (Å²) >= 11 is 0. The largest absolute Gasteiger partial charge is 0.463 e. The van der Waals surface area contributed by atoms with E-state index in [1.807, 2.05) is 6.08 Å². The van der Waals surface area contributed by atoms with E-state index in [1.54, 1.807) is 0 Å². The fraction of sp³-hybridized carbons (Fsp3) is 0.297. The highest BCUT2D eigenvalue weighted by molar-refractivity contribution is 5.81. The average molecular weight is 566 g/mol. The lowest BCUT2D eigenvalue weighted by Crippen LogP contribution is -2.16. The highest BCUT2D eigenvalue weighted by atomic mass is 16.5. The number of ether oxygens (including phenoxy) is 2. The third-order valence-electron chi connectivity index (χ3n) is 7.09. The molecule has 0 heterocycles. The van der Waals surface area contributed by atoms with Gasteiger partial charge in [-0.15, -0.1) is 0 Å². The lowest BCUT2D eigenvalue weighted by atomic mass is 10.0. The van der Waals surface area contributed by atoms with Gasteiger partial charge >= 0.3 is 11.9 Å². The summed E-state index contributed by atoms with van der Waals surface area (Å²) in [5.74, 6) is -0.718. The Kier molecular flexibility index (Phi) is 13.9. The second kappa shape index (κ2) is 18.1. The Bertz CT molecular complexity index is 1200. The molecule has 0 unspecified atom stereocenters. The van der Waals surface area contributed by atoms with Crippen LogP contribution in [-0.4, -0.2) is 25.2 Å². The number of carbonyl (C=O) groups is 2. The zero-order valence-corrected chi connectivity index (χ0v) is 24.6. The zero-order valence-electron chi connectivity index (χ0n) is 24.6. The molecule has 0 amide bonds. The Hall–Kier alpha value is -4.38. The molecular formula is C37H43NO4. The van der Waals surface area contributed by atoms with Crippen molar-refractivity contribution in [1.82, 2.24) is 0 Å². The topological polar surface area (TPSA) is 55.8 Å². The van der Waals surface area contributed by atoms with Crippen molar-refractivity contribution in [3.8, 4) is 0 Å². The summed E-state index contributed by atoms with van der Waals surface area (Å²) in [4.78, 5) is 24.6. The fourth-order valence-corrected chi connectivity index (χ4v) is 4.64. The first-order valence-electron chi connectivity index (χ1n) is 14.8. The Balaban J connectivity index is 1.60. The van der Waals surface area contributed by atoms with Crippen molar-refractivity contribution in [2.24, 2.45) is 0 Å². The van der Waals surface area contributed by atoms with Crippen LogP contribution in [0.1, 0.15) is 60.8 Å². The minimum atomic E-state index is -0.359. The van der Waals surface area contributed by atoms with Gasteiger partial charge in [-0.3, -0.25) is 0 Å². The Morgan fingerprint density at radius 2 is 1.00 bits per heavy atom. The van der Waals surface area contributed by atoms with Gasteiger partial charge in [0.05, 0.1) is 13.2 Å². The fourth-order valence-electron chi connectivity index (χ4n) is 4.64. The molecule has 0 fully saturated rings. The lowest BCUT2D eigenvalue weighted by molar-refractivity contribution is -0.138. The summed E-state index contributed by atoms with van der Waals surface area (Å²) in [7, 11) is 0. The van der Waals surface area contributed by atoms with Crippen LogP contribution in [0.15, 0.2) is 105 Å². The molecule has 0 atom stereocenters. The molecule has 0 saturated heterocycles. The van der Waals surface area contributed by atoms with E-state index < -0.39 is 0 Å². The number of aryl methyl sites for hydroxylation is 2. The quantitative estimate of drug-likeness (QED) is 0.0828. The normalized spacial score (nSPS) is 10.5. The predicted octanol–water partition coefficient (Wildman–Crippen LogP) is 8.55. The summed E-state index contributed by atoms with van der Waals surface area (Å²) in [6.07, 6.45) is 12.1. The summed E-state index contributed by atoms with van der Waals surface area (Å²) < 4.78 is 10.1. The molecule has 0 aromatic heterocycles. The van der Waals surface area contributed by atoms with Crippen LogP contribution in [0.3, 0.4) is 0 Å². The van der Waals surface area contributed by atoms with Crippen LogP contribution in [0, 0.1) is 0 Å². The summed E-state index contributed by atoms with van der Waals surface area (Å²) in [6.45, 7) is 12.3.